The number of sulfonamides is 1. The molecule has 1 aliphatic heterocycles. The molecule has 1 amide bonds. The van der Waals surface area contributed by atoms with Crippen LogP contribution in [0.4, 0.5) is 0 Å². The summed E-state index contributed by atoms with van der Waals surface area (Å²) in [6.45, 7) is 1.08. The third-order valence-electron chi connectivity index (χ3n) is 5.62. The van der Waals surface area contributed by atoms with E-state index in [4.69, 9.17) is 0 Å². The molecule has 0 spiro atoms. The molecule has 0 bridgehead atoms. The van der Waals surface area contributed by atoms with Gasteiger partial charge in [-0.05, 0) is 69.0 Å². The number of carbonyl (C=O) groups is 2. The predicted molar refractivity (Wildman–Crippen MR) is 134 cm³/mol. The third kappa shape index (κ3) is 5.25. The molecule has 1 fully saturated rings. The summed E-state index contributed by atoms with van der Waals surface area (Å²) in [7, 11) is 3.07. The monoisotopic (exact) mass is 549 g/mol. The molecule has 8 nitrogen and oxygen atoms in total. The molecule has 0 aromatic heterocycles. The number of aliphatic hydroxyl groups excluding tert-OH is 1. The minimum absolute atomic E-state index is 0.0174. The Labute approximate surface area is 208 Å². The average molecular weight is 550 g/mol. The number of amides is 1. The number of aliphatic hydroxyl groups is 1. The second-order valence-electron chi connectivity index (χ2n) is 8.52. The van der Waals surface area contributed by atoms with Crippen molar-refractivity contribution in [3.63, 3.8) is 0 Å². The standard InChI is InChI=1S/C24H28BrN3O5S/c1-26(2)13-6-14-28-21(17-7-5-8-18(25)15-17)20(23(30)24(28)31)22(29)16-9-11-19(12-10-16)34(32,33)27(3)4/h5,7-12,15,21,29H,6,13-14H2,1-4H3/b22-20+. The van der Waals surface area contributed by atoms with Gasteiger partial charge in [0.05, 0.1) is 16.5 Å². The largest absolute Gasteiger partial charge is 0.507 e. The van der Waals surface area contributed by atoms with Crippen molar-refractivity contribution in [2.45, 2.75) is 17.4 Å². The Balaban J connectivity index is 2.09. The molecule has 1 heterocycles. The Bertz CT molecular complexity index is 1220. The van der Waals surface area contributed by atoms with E-state index in [0.29, 0.717) is 18.5 Å². The molecule has 0 aliphatic carbocycles. The highest BCUT2D eigenvalue weighted by Crippen LogP contribution is 2.40. The molecule has 182 valence electrons. The van der Waals surface area contributed by atoms with Crippen LogP contribution < -0.4 is 0 Å². The smallest absolute Gasteiger partial charge is 0.295 e. The van der Waals surface area contributed by atoms with Crippen LogP contribution in [0.2, 0.25) is 0 Å². The molecule has 0 radical (unpaired) electrons. The van der Waals surface area contributed by atoms with E-state index < -0.39 is 27.8 Å². The third-order valence-corrected chi connectivity index (χ3v) is 7.94. The van der Waals surface area contributed by atoms with Crippen LogP contribution in [0.5, 0.6) is 0 Å². The maximum absolute atomic E-state index is 13.1. The van der Waals surface area contributed by atoms with E-state index in [2.05, 4.69) is 15.9 Å². The van der Waals surface area contributed by atoms with Crippen molar-refractivity contribution < 1.29 is 23.1 Å². The highest BCUT2D eigenvalue weighted by atomic mass is 79.9. The van der Waals surface area contributed by atoms with Gasteiger partial charge in [0.1, 0.15) is 5.76 Å². The summed E-state index contributed by atoms with van der Waals surface area (Å²) in [5, 5.41) is 11.1. The van der Waals surface area contributed by atoms with Crippen LogP contribution in [0.15, 0.2) is 63.5 Å². The first-order valence-electron chi connectivity index (χ1n) is 10.7. The van der Waals surface area contributed by atoms with Gasteiger partial charge in [0.15, 0.2) is 0 Å². The zero-order chi connectivity index (χ0) is 25.2. The van der Waals surface area contributed by atoms with Crippen LogP contribution in [0.3, 0.4) is 0 Å². The van der Waals surface area contributed by atoms with Crippen molar-refractivity contribution in [3.05, 3.63) is 69.7 Å². The Morgan fingerprint density at radius 3 is 2.26 bits per heavy atom. The fraction of sp³-hybridized carbons (Fsp3) is 0.333. The number of ketones is 1. The molecular formula is C24H28BrN3O5S. The summed E-state index contributed by atoms with van der Waals surface area (Å²) >= 11 is 3.44. The first-order chi connectivity index (χ1) is 15.9. The van der Waals surface area contributed by atoms with E-state index in [-0.39, 0.29) is 21.8 Å². The van der Waals surface area contributed by atoms with Crippen molar-refractivity contribution in [3.8, 4) is 0 Å². The average Bonchev–Trinajstić information content (AvgIpc) is 3.03. The topological polar surface area (TPSA) is 98.2 Å². The Hall–Kier alpha value is -2.53. The Morgan fingerprint density at radius 1 is 1.06 bits per heavy atom. The van der Waals surface area contributed by atoms with Crippen LogP contribution in [0, 0.1) is 0 Å². The zero-order valence-electron chi connectivity index (χ0n) is 19.5. The summed E-state index contributed by atoms with van der Waals surface area (Å²) in [4.78, 5) is 29.6. The Morgan fingerprint density at radius 2 is 1.71 bits per heavy atom. The minimum Gasteiger partial charge on any atom is -0.507 e. The highest BCUT2D eigenvalue weighted by molar-refractivity contribution is 9.10. The SMILES string of the molecule is CN(C)CCCN1C(=O)C(=O)/C(=C(/O)c2ccc(S(=O)(=O)N(C)C)cc2)C1c1cccc(Br)c1. The molecule has 1 saturated heterocycles. The van der Waals surface area contributed by atoms with Gasteiger partial charge in [-0.3, -0.25) is 9.59 Å². The van der Waals surface area contributed by atoms with Crippen LogP contribution >= 0.6 is 15.9 Å². The fourth-order valence-corrected chi connectivity index (χ4v) is 5.16. The molecule has 0 saturated carbocycles. The molecule has 10 heteroatoms. The second-order valence-corrected chi connectivity index (χ2v) is 11.6. The van der Waals surface area contributed by atoms with E-state index in [1.54, 1.807) is 12.1 Å². The lowest BCUT2D eigenvalue weighted by Gasteiger charge is -2.26. The molecule has 1 aliphatic rings. The van der Waals surface area contributed by atoms with Gasteiger partial charge in [0.2, 0.25) is 10.0 Å². The number of rotatable bonds is 8. The minimum atomic E-state index is -3.65. The second kappa shape index (κ2) is 10.4. The maximum Gasteiger partial charge on any atom is 0.295 e. The number of Topliss-reactive ketones (excluding diaryl/α,β-unsaturated/α-hetero) is 1. The summed E-state index contributed by atoms with van der Waals surface area (Å²) in [6.07, 6.45) is 0.654. The lowest BCUT2D eigenvalue weighted by atomic mass is 9.95. The van der Waals surface area contributed by atoms with Crippen molar-refractivity contribution in [1.82, 2.24) is 14.1 Å². The number of hydrogen-bond donors (Lipinski definition) is 1. The van der Waals surface area contributed by atoms with E-state index in [1.807, 2.05) is 31.1 Å². The lowest BCUT2D eigenvalue weighted by molar-refractivity contribution is -0.139. The van der Waals surface area contributed by atoms with E-state index in [0.717, 1.165) is 15.3 Å². The number of hydrogen-bond acceptors (Lipinski definition) is 6. The summed E-state index contributed by atoms with van der Waals surface area (Å²) < 4.78 is 26.6. The van der Waals surface area contributed by atoms with Gasteiger partial charge in [-0.1, -0.05) is 28.1 Å². The molecule has 1 atom stereocenters. The van der Waals surface area contributed by atoms with Gasteiger partial charge in [-0.25, -0.2) is 12.7 Å². The van der Waals surface area contributed by atoms with Crippen LogP contribution in [-0.2, 0) is 19.6 Å². The molecule has 3 rings (SSSR count). The van der Waals surface area contributed by atoms with Crippen molar-refractivity contribution in [2.24, 2.45) is 0 Å². The lowest BCUT2D eigenvalue weighted by Crippen LogP contribution is -2.32. The van der Waals surface area contributed by atoms with E-state index >= 15 is 0 Å². The van der Waals surface area contributed by atoms with Crippen LogP contribution in [-0.4, -0.2) is 80.6 Å². The summed E-state index contributed by atoms with van der Waals surface area (Å²) in [5.74, 6) is -1.78. The van der Waals surface area contributed by atoms with Gasteiger partial charge < -0.3 is 14.9 Å². The van der Waals surface area contributed by atoms with Crippen LogP contribution in [0.25, 0.3) is 5.76 Å². The van der Waals surface area contributed by atoms with Gasteiger partial charge in [0, 0.05) is 30.7 Å². The number of halogens is 1. The molecule has 34 heavy (non-hydrogen) atoms. The van der Waals surface area contributed by atoms with Gasteiger partial charge >= 0.3 is 0 Å². The van der Waals surface area contributed by atoms with Crippen LogP contribution in [0.1, 0.15) is 23.6 Å². The van der Waals surface area contributed by atoms with E-state index in [9.17, 15) is 23.1 Å². The number of nitrogens with zero attached hydrogens (tertiary/aromatic N) is 3. The van der Waals surface area contributed by atoms with Crippen molar-refractivity contribution in [2.75, 3.05) is 41.3 Å². The number of benzene rings is 2. The zero-order valence-corrected chi connectivity index (χ0v) is 21.9. The van der Waals surface area contributed by atoms with Gasteiger partial charge in [-0.2, -0.15) is 0 Å². The number of carbonyl (C=O) groups excluding carboxylic acids is 2. The molecule has 1 unspecified atom stereocenters. The first-order valence-corrected chi connectivity index (χ1v) is 12.9. The van der Waals surface area contributed by atoms with E-state index in [1.165, 1.54) is 43.3 Å². The quantitative estimate of drug-likeness (QED) is 0.308. The molecule has 2 aromatic carbocycles. The first kappa shape index (κ1) is 26.1. The van der Waals surface area contributed by atoms with Crippen molar-refractivity contribution in [1.29, 1.82) is 0 Å². The highest BCUT2D eigenvalue weighted by Gasteiger charge is 2.45. The fourth-order valence-electron chi connectivity index (χ4n) is 3.84. The van der Waals surface area contributed by atoms with Gasteiger partial charge in [0.25, 0.3) is 11.7 Å². The summed E-state index contributed by atoms with van der Waals surface area (Å²) in [5.41, 5.74) is 0.923. The maximum atomic E-state index is 13.1. The molecule has 1 N–H and O–H groups in total. The Kier molecular flexibility index (Phi) is 7.97. The molecule has 2 aromatic rings. The van der Waals surface area contributed by atoms with Crippen molar-refractivity contribution >= 4 is 43.4 Å². The summed E-state index contributed by atoms with van der Waals surface area (Å²) in [6, 6.07) is 12.1. The molecular weight excluding hydrogens is 522 g/mol. The number of likely N-dealkylation sites (tertiary alicyclic amines) is 1. The van der Waals surface area contributed by atoms with Gasteiger partial charge in [-0.15, -0.1) is 0 Å². The normalized spacial score (nSPS) is 18.3. The predicted octanol–water partition coefficient (Wildman–Crippen LogP) is 3.07.